The number of nitrogens with two attached hydrogens (primary N) is 1. The molecule has 1 aromatic rings. The van der Waals surface area contributed by atoms with Crippen LogP contribution in [-0.4, -0.2) is 41.9 Å². The van der Waals surface area contributed by atoms with Crippen LogP contribution in [0.2, 0.25) is 0 Å². The van der Waals surface area contributed by atoms with Crippen molar-refractivity contribution in [2.24, 2.45) is 11.7 Å². The van der Waals surface area contributed by atoms with Gasteiger partial charge in [-0.2, -0.15) is 0 Å². The first-order chi connectivity index (χ1) is 10.0. The predicted octanol–water partition coefficient (Wildman–Crippen LogP) is 1.12. The summed E-state index contributed by atoms with van der Waals surface area (Å²) >= 11 is 3.34. The molecule has 0 spiro atoms. The van der Waals surface area contributed by atoms with E-state index in [-0.39, 0.29) is 24.2 Å². The fourth-order valence-electron chi connectivity index (χ4n) is 2.49. The third kappa shape index (κ3) is 3.93. The summed E-state index contributed by atoms with van der Waals surface area (Å²) in [5, 5.41) is 0. The summed E-state index contributed by atoms with van der Waals surface area (Å²) in [6, 6.07) is 1.82. The van der Waals surface area contributed by atoms with Gasteiger partial charge in [0.05, 0.1) is 19.4 Å². The Labute approximate surface area is 131 Å². The number of aromatic nitrogens is 1. The number of halogens is 1. The molecule has 0 radical (unpaired) electrons. The van der Waals surface area contributed by atoms with Crippen molar-refractivity contribution in [1.29, 1.82) is 0 Å². The maximum Gasteiger partial charge on any atom is 0.227 e. The fourth-order valence-corrected chi connectivity index (χ4v) is 2.87. The normalized spacial score (nSPS) is 18.4. The number of primary amides is 1. The van der Waals surface area contributed by atoms with Gasteiger partial charge < -0.3 is 15.4 Å². The van der Waals surface area contributed by atoms with Crippen LogP contribution in [0.1, 0.15) is 18.4 Å². The minimum absolute atomic E-state index is 0.0425. The number of piperidine rings is 1. The lowest BCUT2D eigenvalue weighted by atomic mass is 9.97. The second kappa shape index (κ2) is 6.89. The predicted molar refractivity (Wildman–Crippen MR) is 80.7 cm³/mol. The van der Waals surface area contributed by atoms with Crippen molar-refractivity contribution in [2.45, 2.75) is 19.3 Å². The smallest absolute Gasteiger partial charge is 0.227 e. The first-order valence-electron chi connectivity index (χ1n) is 6.76. The van der Waals surface area contributed by atoms with E-state index in [4.69, 9.17) is 10.5 Å². The van der Waals surface area contributed by atoms with E-state index >= 15 is 0 Å². The highest BCUT2D eigenvalue weighted by molar-refractivity contribution is 9.10. The van der Waals surface area contributed by atoms with E-state index in [0.717, 1.165) is 22.9 Å². The summed E-state index contributed by atoms with van der Waals surface area (Å²) in [5.74, 6) is -0.186. The fraction of sp³-hybridized carbons (Fsp3) is 0.500. The lowest BCUT2D eigenvalue weighted by Gasteiger charge is -2.31. The zero-order valence-corrected chi connectivity index (χ0v) is 13.4. The number of carbonyl (C=O) groups excluding carboxylic acids is 2. The molecule has 0 bridgehead atoms. The topological polar surface area (TPSA) is 85.5 Å². The maximum atomic E-state index is 12.4. The third-order valence-electron chi connectivity index (χ3n) is 3.60. The zero-order valence-electron chi connectivity index (χ0n) is 11.8. The van der Waals surface area contributed by atoms with Crippen LogP contribution in [0, 0.1) is 5.92 Å². The number of rotatable bonds is 4. The molecule has 1 aliphatic rings. The Morgan fingerprint density at radius 3 is 3.00 bits per heavy atom. The van der Waals surface area contributed by atoms with Crippen molar-refractivity contribution in [2.75, 3.05) is 20.2 Å². The van der Waals surface area contributed by atoms with E-state index in [2.05, 4.69) is 20.9 Å². The highest BCUT2D eigenvalue weighted by Crippen LogP contribution is 2.22. The molecule has 1 atom stereocenters. The Bertz CT molecular complexity index is 550. The molecule has 1 fully saturated rings. The van der Waals surface area contributed by atoms with Gasteiger partial charge in [0.15, 0.2) is 0 Å². The molecule has 2 N–H and O–H groups in total. The molecule has 21 heavy (non-hydrogen) atoms. The maximum absolute atomic E-state index is 12.4. The second-order valence-corrected chi connectivity index (χ2v) is 6.00. The van der Waals surface area contributed by atoms with Gasteiger partial charge in [-0.3, -0.25) is 9.59 Å². The molecule has 7 heteroatoms. The van der Waals surface area contributed by atoms with Crippen molar-refractivity contribution in [3.8, 4) is 5.88 Å². The molecule has 2 amide bonds. The van der Waals surface area contributed by atoms with Crippen LogP contribution in [0.4, 0.5) is 0 Å². The molecule has 2 heterocycles. The van der Waals surface area contributed by atoms with Gasteiger partial charge in [-0.25, -0.2) is 4.98 Å². The summed E-state index contributed by atoms with van der Waals surface area (Å²) < 4.78 is 5.96. The number of hydrogen-bond donors (Lipinski definition) is 1. The number of hydrogen-bond acceptors (Lipinski definition) is 4. The quantitative estimate of drug-likeness (QED) is 0.876. The van der Waals surface area contributed by atoms with Crippen LogP contribution in [0.25, 0.3) is 0 Å². The van der Waals surface area contributed by atoms with Crippen LogP contribution in [-0.2, 0) is 16.0 Å². The minimum Gasteiger partial charge on any atom is -0.481 e. The largest absolute Gasteiger partial charge is 0.481 e. The molecule has 1 aliphatic heterocycles. The molecule has 1 saturated heterocycles. The molecule has 0 aliphatic carbocycles. The molecule has 0 aromatic carbocycles. The number of nitrogens with zero attached hydrogens (tertiary/aromatic N) is 2. The SMILES string of the molecule is COc1ncc(Br)cc1CC(=O)N1CCC[C@H](C(N)=O)C1. The Kier molecular flexibility index (Phi) is 5.17. The van der Waals surface area contributed by atoms with Gasteiger partial charge in [0, 0.05) is 29.3 Å². The van der Waals surface area contributed by atoms with E-state index in [0.29, 0.717) is 19.0 Å². The van der Waals surface area contributed by atoms with Crippen LogP contribution in [0.5, 0.6) is 5.88 Å². The monoisotopic (exact) mass is 355 g/mol. The van der Waals surface area contributed by atoms with Crippen molar-refractivity contribution in [3.05, 3.63) is 22.3 Å². The summed E-state index contributed by atoms with van der Waals surface area (Å²) in [6.07, 6.45) is 3.37. The van der Waals surface area contributed by atoms with Crippen molar-refractivity contribution in [1.82, 2.24) is 9.88 Å². The number of amides is 2. The van der Waals surface area contributed by atoms with Gasteiger partial charge in [0.2, 0.25) is 17.7 Å². The lowest BCUT2D eigenvalue weighted by Crippen LogP contribution is -2.44. The number of methoxy groups -OCH3 is 1. The molecule has 1 aromatic heterocycles. The highest BCUT2D eigenvalue weighted by Gasteiger charge is 2.27. The lowest BCUT2D eigenvalue weighted by molar-refractivity contribution is -0.134. The number of carbonyl (C=O) groups is 2. The Hall–Kier alpha value is -1.63. The number of ether oxygens (including phenoxy) is 1. The molecule has 2 rings (SSSR count). The van der Waals surface area contributed by atoms with Crippen LogP contribution < -0.4 is 10.5 Å². The Morgan fingerprint density at radius 1 is 1.57 bits per heavy atom. The molecular weight excluding hydrogens is 338 g/mol. The number of pyridine rings is 1. The van der Waals surface area contributed by atoms with Gasteiger partial charge in [-0.1, -0.05) is 0 Å². The molecule has 0 saturated carbocycles. The van der Waals surface area contributed by atoms with Crippen LogP contribution in [0.3, 0.4) is 0 Å². The van der Waals surface area contributed by atoms with Crippen LogP contribution in [0.15, 0.2) is 16.7 Å². The van der Waals surface area contributed by atoms with Gasteiger partial charge in [-0.05, 0) is 34.8 Å². The van der Waals surface area contributed by atoms with Gasteiger partial charge in [0.25, 0.3) is 0 Å². The first kappa shape index (κ1) is 15.8. The first-order valence-corrected chi connectivity index (χ1v) is 7.56. The van der Waals surface area contributed by atoms with Gasteiger partial charge >= 0.3 is 0 Å². The van der Waals surface area contributed by atoms with E-state index in [1.807, 2.05) is 6.07 Å². The standard InChI is InChI=1S/C14H18BrN3O3/c1-21-14-10(5-11(15)7-17-14)6-12(19)18-4-2-3-9(8-18)13(16)20/h5,7,9H,2-4,6,8H2,1H3,(H2,16,20)/t9-/m0/s1. The Balaban J connectivity index is 2.07. The zero-order chi connectivity index (χ0) is 15.4. The van der Waals surface area contributed by atoms with Gasteiger partial charge in [-0.15, -0.1) is 0 Å². The minimum atomic E-state index is -0.339. The van der Waals surface area contributed by atoms with Gasteiger partial charge in [0.1, 0.15) is 0 Å². The van der Waals surface area contributed by atoms with E-state index in [1.165, 1.54) is 7.11 Å². The van der Waals surface area contributed by atoms with Crippen LogP contribution >= 0.6 is 15.9 Å². The molecule has 6 nitrogen and oxygen atoms in total. The number of likely N-dealkylation sites (tertiary alicyclic amines) is 1. The molecule has 114 valence electrons. The summed E-state index contributed by atoms with van der Waals surface area (Å²) in [6.45, 7) is 1.06. The summed E-state index contributed by atoms with van der Waals surface area (Å²) in [5.41, 5.74) is 6.05. The third-order valence-corrected chi connectivity index (χ3v) is 4.04. The molecular formula is C14H18BrN3O3. The van der Waals surface area contributed by atoms with E-state index in [9.17, 15) is 9.59 Å². The second-order valence-electron chi connectivity index (χ2n) is 5.08. The van der Waals surface area contributed by atoms with E-state index in [1.54, 1.807) is 11.1 Å². The summed E-state index contributed by atoms with van der Waals surface area (Å²) in [4.78, 5) is 29.5. The Morgan fingerprint density at radius 2 is 2.33 bits per heavy atom. The van der Waals surface area contributed by atoms with Crippen molar-refractivity contribution in [3.63, 3.8) is 0 Å². The summed E-state index contributed by atoms with van der Waals surface area (Å²) in [7, 11) is 1.52. The van der Waals surface area contributed by atoms with E-state index < -0.39 is 0 Å². The highest BCUT2D eigenvalue weighted by atomic mass is 79.9. The molecule has 0 unspecified atom stereocenters. The van der Waals surface area contributed by atoms with Crippen molar-refractivity contribution < 1.29 is 14.3 Å². The average molecular weight is 356 g/mol. The van der Waals surface area contributed by atoms with Crippen molar-refractivity contribution >= 4 is 27.7 Å². The average Bonchev–Trinajstić information content (AvgIpc) is 2.47.